The fourth-order valence-electron chi connectivity index (χ4n) is 2.37. The van der Waals surface area contributed by atoms with Crippen molar-refractivity contribution in [2.24, 2.45) is 4.99 Å². The fourth-order valence-corrected chi connectivity index (χ4v) is 2.37. The molecule has 2 aromatic carbocycles. The van der Waals surface area contributed by atoms with Crippen molar-refractivity contribution in [1.82, 2.24) is 10.7 Å². The number of hydrogen-bond acceptors (Lipinski definition) is 5. The SMILES string of the molecule is CCc1ccc(N(NC2=NCCN2)c2cccc(O)c2)cc1. The first kappa shape index (κ1) is 14.3. The molecule has 0 saturated carbocycles. The Bertz CT molecular complexity index is 667. The lowest BCUT2D eigenvalue weighted by Crippen LogP contribution is -2.44. The molecule has 0 amide bonds. The number of phenols is 1. The van der Waals surface area contributed by atoms with E-state index in [4.69, 9.17) is 0 Å². The van der Waals surface area contributed by atoms with E-state index < -0.39 is 0 Å². The Morgan fingerprint density at radius 2 is 2.00 bits per heavy atom. The predicted octanol–water partition coefficient (Wildman–Crippen LogP) is 2.56. The zero-order valence-corrected chi connectivity index (χ0v) is 12.6. The molecule has 0 bridgehead atoms. The molecule has 0 radical (unpaired) electrons. The van der Waals surface area contributed by atoms with Crippen LogP contribution in [0.1, 0.15) is 12.5 Å². The van der Waals surface area contributed by atoms with Gasteiger partial charge in [0.25, 0.3) is 0 Å². The largest absolute Gasteiger partial charge is 0.508 e. The first-order chi connectivity index (χ1) is 10.8. The quantitative estimate of drug-likeness (QED) is 0.759. The molecule has 3 N–H and O–H groups in total. The number of aromatic hydroxyl groups is 1. The van der Waals surface area contributed by atoms with E-state index in [1.807, 2.05) is 17.1 Å². The molecule has 5 nitrogen and oxygen atoms in total. The number of phenolic OH excluding ortho intramolecular Hbond substituents is 1. The highest BCUT2D eigenvalue weighted by molar-refractivity contribution is 5.84. The van der Waals surface area contributed by atoms with Gasteiger partial charge in [0.2, 0.25) is 5.96 Å². The Labute approximate surface area is 130 Å². The van der Waals surface area contributed by atoms with Gasteiger partial charge in [-0.25, -0.2) is 0 Å². The van der Waals surface area contributed by atoms with Crippen LogP contribution >= 0.6 is 0 Å². The van der Waals surface area contributed by atoms with Gasteiger partial charge in [-0.1, -0.05) is 25.1 Å². The molecule has 0 aliphatic carbocycles. The molecule has 0 atom stereocenters. The molecule has 3 rings (SSSR count). The number of benzene rings is 2. The molecule has 0 unspecified atom stereocenters. The van der Waals surface area contributed by atoms with Gasteiger partial charge in [0.15, 0.2) is 0 Å². The summed E-state index contributed by atoms with van der Waals surface area (Å²) in [5.41, 5.74) is 6.40. The summed E-state index contributed by atoms with van der Waals surface area (Å²) in [6, 6.07) is 15.5. The molecule has 114 valence electrons. The van der Waals surface area contributed by atoms with Gasteiger partial charge in [0.1, 0.15) is 5.75 Å². The highest BCUT2D eigenvalue weighted by Crippen LogP contribution is 2.26. The van der Waals surface area contributed by atoms with E-state index in [1.54, 1.807) is 12.1 Å². The van der Waals surface area contributed by atoms with Crippen molar-refractivity contribution in [3.05, 3.63) is 54.1 Å². The van der Waals surface area contributed by atoms with Crippen LogP contribution in [0.2, 0.25) is 0 Å². The first-order valence-electron chi connectivity index (χ1n) is 7.49. The maximum Gasteiger partial charge on any atom is 0.210 e. The molecule has 2 aromatic rings. The molecule has 5 heteroatoms. The maximum absolute atomic E-state index is 9.75. The Morgan fingerprint density at radius 3 is 2.64 bits per heavy atom. The van der Waals surface area contributed by atoms with Crippen LogP contribution in [0, 0.1) is 0 Å². The van der Waals surface area contributed by atoms with Crippen LogP contribution in [0.15, 0.2) is 53.5 Å². The number of hydrazine groups is 1. The Kier molecular flexibility index (Phi) is 4.14. The Balaban J connectivity index is 1.93. The van der Waals surface area contributed by atoms with Crippen molar-refractivity contribution in [2.75, 3.05) is 18.1 Å². The van der Waals surface area contributed by atoms with Gasteiger partial charge < -0.3 is 10.4 Å². The van der Waals surface area contributed by atoms with Crippen molar-refractivity contribution in [3.63, 3.8) is 0 Å². The second-order valence-corrected chi connectivity index (χ2v) is 5.14. The fraction of sp³-hybridized carbons (Fsp3) is 0.235. The van der Waals surface area contributed by atoms with Crippen LogP contribution in [0.4, 0.5) is 11.4 Å². The number of aliphatic imine (C=N–C) groups is 1. The van der Waals surface area contributed by atoms with E-state index >= 15 is 0 Å². The molecule has 0 spiro atoms. The highest BCUT2D eigenvalue weighted by Gasteiger charge is 2.14. The molecule has 1 heterocycles. The first-order valence-corrected chi connectivity index (χ1v) is 7.49. The van der Waals surface area contributed by atoms with E-state index in [-0.39, 0.29) is 5.75 Å². The summed E-state index contributed by atoms with van der Waals surface area (Å²) in [7, 11) is 0. The van der Waals surface area contributed by atoms with E-state index in [9.17, 15) is 5.11 Å². The average Bonchev–Trinajstić information content (AvgIpc) is 3.06. The minimum Gasteiger partial charge on any atom is -0.508 e. The van der Waals surface area contributed by atoms with E-state index in [1.165, 1.54) is 5.56 Å². The smallest absolute Gasteiger partial charge is 0.210 e. The second kappa shape index (κ2) is 6.39. The molecule has 1 aliphatic heterocycles. The van der Waals surface area contributed by atoms with Crippen LogP contribution in [0.3, 0.4) is 0 Å². The van der Waals surface area contributed by atoms with Crippen LogP contribution < -0.4 is 15.8 Å². The predicted molar refractivity (Wildman–Crippen MR) is 89.5 cm³/mol. The summed E-state index contributed by atoms with van der Waals surface area (Å²) >= 11 is 0. The summed E-state index contributed by atoms with van der Waals surface area (Å²) in [6.07, 6.45) is 1.01. The van der Waals surface area contributed by atoms with Crippen molar-refractivity contribution in [2.45, 2.75) is 13.3 Å². The topological polar surface area (TPSA) is 59.9 Å². The minimum absolute atomic E-state index is 0.232. The number of hydrogen-bond donors (Lipinski definition) is 3. The molecule has 1 aliphatic rings. The lowest BCUT2D eigenvalue weighted by molar-refractivity contribution is 0.475. The maximum atomic E-state index is 9.75. The second-order valence-electron chi connectivity index (χ2n) is 5.14. The lowest BCUT2D eigenvalue weighted by atomic mass is 10.1. The van der Waals surface area contributed by atoms with Crippen LogP contribution in [0.25, 0.3) is 0 Å². The average molecular weight is 296 g/mol. The monoisotopic (exact) mass is 296 g/mol. The van der Waals surface area contributed by atoms with E-state index in [0.29, 0.717) is 0 Å². The van der Waals surface area contributed by atoms with Gasteiger partial charge >= 0.3 is 0 Å². The highest BCUT2D eigenvalue weighted by atomic mass is 16.3. The summed E-state index contributed by atoms with van der Waals surface area (Å²) in [4.78, 5) is 4.37. The number of nitrogens with one attached hydrogen (secondary N) is 2. The van der Waals surface area contributed by atoms with Gasteiger partial charge in [-0.3, -0.25) is 15.4 Å². The number of guanidine groups is 1. The van der Waals surface area contributed by atoms with Gasteiger partial charge in [0, 0.05) is 12.6 Å². The van der Waals surface area contributed by atoms with Crippen molar-refractivity contribution in [1.29, 1.82) is 0 Å². The van der Waals surface area contributed by atoms with E-state index in [0.717, 1.165) is 36.8 Å². The molecule has 0 saturated heterocycles. The molecule has 0 fully saturated rings. The third-order valence-electron chi connectivity index (χ3n) is 3.58. The molecule has 0 aromatic heterocycles. The van der Waals surface area contributed by atoms with Crippen LogP contribution in [0.5, 0.6) is 5.75 Å². The van der Waals surface area contributed by atoms with Gasteiger partial charge in [-0.15, -0.1) is 0 Å². The Hall–Kier alpha value is -2.69. The van der Waals surface area contributed by atoms with Crippen LogP contribution in [-0.4, -0.2) is 24.2 Å². The summed E-state index contributed by atoms with van der Waals surface area (Å²) < 4.78 is 0. The van der Waals surface area contributed by atoms with E-state index in [2.05, 4.69) is 46.9 Å². The number of anilines is 2. The van der Waals surface area contributed by atoms with Crippen LogP contribution in [-0.2, 0) is 6.42 Å². The number of nitrogens with zero attached hydrogens (tertiary/aromatic N) is 2. The normalized spacial score (nSPS) is 13.4. The van der Waals surface area contributed by atoms with Gasteiger partial charge in [0.05, 0.1) is 17.9 Å². The third-order valence-corrected chi connectivity index (χ3v) is 3.58. The standard InChI is InChI=1S/C17H20N4O/c1-2-13-6-8-14(9-7-13)21(20-17-18-10-11-19-17)15-4-3-5-16(22)12-15/h3-9,12,22H,2,10-11H2,1H3,(H2,18,19,20). The minimum atomic E-state index is 0.232. The summed E-state index contributed by atoms with van der Waals surface area (Å²) in [6.45, 7) is 3.74. The Morgan fingerprint density at radius 1 is 1.18 bits per heavy atom. The van der Waals surface area contributed by atoms with Gasteiger partial charge in [-0.05, 0) is 36.2 Å². The summed E-state index contributed by atoms with van der Waals surface area (Å²) in [5.74, 6) is 0.971. The molecular weight excluding hydrogens is 276 g/mol. The zero-order valence-electron chi connectivity index (χ0n) is 12.6. The third kappa shape index (κ3) is 3.14. The van der Waals surface area contributed by atoms with Crippen molar-refractivity contribution < 1.29 is 5.11 Å². The molecular formula is C17H20N4O. The number of rotatable bonds is 4. The summed E-state index contributed by atoms with van der Waals surface area (Å²) in [5, 5.41) is 14.9. The van der Waals surface area contributed by atoms with Gasteiger partial charge in [-0.2, -0.15) is 0 Å². The number of aryl methyl sites for hydroxylation is 1. The zero-order chi connectivity index (χ0) is 15.4. The van der Waals surface area contributed by atoms with Crippen molar-refractivity contribution >= 4 is 17.3 Å². The van der Waals surface area contributed by atoms with Crippen molar-refractivity contribution in [3.8, 4) is 5.75 Å². The lowest BCUT2D eigenvalue weighted by Gasteiger charge is -2.26. The molecule has 22 heavy (non-hydrogen) atoms.